The van der Waals surface area contributed by atoms with Crippen molar-refractivity contribution >= 4 is 0 Å². The van der Waals surface area contributed by atoms with Crippen molar-refractivity contribution in [2.45, 2.75) is 53.6 Å². The topological polar surface area (TPSA) is 55.9 Å². The van der Waals surface area contributed by atoms with Crippen molar-refractivity contribution in [3.05, 3.63) is 35.3 Å². The van der Waals surface area contributed by atoms with E-state index in [1.165, 1.54) is 0 Å². The fourth-order valence-corrected chi connectivity index (χ4v) is 2.37. The zero-order valence-electron chi connectivity index (χ0n) is 13.9. The molecule has 0 aromatic carbocycles. The number of aromatic nitrogens is 3. The molecule has 2 aromatic rings. The van der Waals surface area contributed by atoms with Crippen molar-refractivity contribution < 1.29 is 4.42 Å². The Bertz CT molecular complexity index is 592. The normalized spacial score (nSPS) is 13.6. The molecular formula is C16H26N4O. The Morgan fingerprint density at radius 1 is 1.29 bits per heavy atom. The summed E-state index contributed by atoms with van der Waals surface area (Å²) < 4.78 is 7.95. The van der Waals surface area contributed by atoms with Crippen molar-refractivity contribution in [2.24, 2.45) is 12.5 Å². The molecule has 5 heteroatoms. The number of furan rings is 1. The van der Waals surface area contributed by atoms with Crippen LogP contribution in [-0.4, -0.2) is 14.8 Å². The average molecular weight is 290 g/mol. The molecule has 21 heavy (non-hydrogen) atoms. The number of nitrogens with zero attached hydrogens (tertiary/aromatic N) is 3. The molecule has 2 rings (SSSR count). The smallest absolute Gasteiger partial charge is 0.146 e. The molecule has 2 heterocycles. The van der Waals surface area contributed by atoms with Crippen molar-refractivity contribution in [3.8, 4) is 0 Å². The molecule has 1 atom stereocenters. The van der Waals surface area contributed by atoms with Gasteiger partial charge in [0.15, 0.2) is 0 Å². The first-order valence-electron chi connectivity index (χ1n) is 7.49. The van der Waals surface area contributed by atoms with Crippen LogP contribution in [0, 0.1) is 12.3 Å². The minimum Gasteiger partial charge on any atom is -0.464 e. The number of aryl methyl sites for hydroxylation is 2. The molecule has 0 aliphatic heterocycles. The van der Waals surface area contributed by atoms with E-state index < -0.39 is 0 Å². The van der Waals surface area contributed by atoms with Gasteiger partial charge in [0.05, 0.1) is 12.6 Å². The van der Waals surface area contributed by atoms with Gasteiger partial charge in [0.1, 0.15) is 23.2 Å². The van der Waals surface area contributed by atoms with Gasteiger partial charge in [-0.25, -0.2) is 0 Å². The van der Waals surface area contributed by atoms with Gasteiger partial charge in [0.25, 0.3) is 0 Å². The SMILES string of the molecule is CCc1ccc(C(NCc2nnc(C)n2C)C(C)(C)C)o1. The lowest BCUT2D eigenvalue weighted by Crippen LogP contribution is -2.32. The molecular weight excluding hydrogens is 264 g/mol. The van der Waals surface area contributed by atoms with E-state index >= 15 is 0 Å². The Morgan fingerprint density at radius 3 is 2.48 bits per heavy atom. The molecule has 0 amide bonds. The minimum atomic E-state index is 0.0521. The van der Waals surface area contributed by atoms with E-state index in [9.17, 15) is 0 Å². The highest BCUT2D eigenvalue weighted by molar-refractivity contribution is 5.13. The summed E-state index contributed by atoms with van der Waals surface area (Å²) in [7, 11) is 1.99. The van der Waals surface area contributed by atoms with E-state index in [0.29, 0.717) is 6.54 Å². The van der Waals surface area contributed by atoms with Crippen LogP contribution >= 0.6 is 0 Å². The van der Waals surface area contributed by atoms with Crippen molar-refractivity contribution in [1.29, 1.82) is 0 Å². The van der Waals surface area contributed by atoms with Crippen LogP contribution in [0.15, 0.2) is 16.5 Å². The first kappa shape index (κ1) is 15.8. The van der Waals surface area contributed by atoms with E-state index in [-0.39, 0.29) is 11.5 Å². The molecule has 0 radical (unpaired) electrons. The van der Waals surface area contributed by atoms with Gasteiger partial charge in [-0.2, -0.15) is 0 Å². The van der Waals surface area contributed by atoms with Crippen molar-refractivity contribution in [1.82, 2.24) is 20.1 Å². The number of rotatable bonds is 5. The van der Waals surface area contributed by atoms with Gasteiger partial charge >= 0.3 is 0 Å². The zero-order valence-corrected chi connectivity index (χ0v) is 13.9. The second kappa shape index (κ2) is 6.02. The van der Waals surface area contributed by atoms with Crippen LogP contribution in [0.4, 0.5) is 0 Å². The monoisotopic (exact) mass is 290 g/mol. The number of hydrogen-bond acceptors (Lipinski definition) is 4. The van der Waals surface area contributed by atoms with Crippen LogP contribution in [0.1, 0.15) is 56.9 Å². The maximum absolute atomic E-state index is 5.94. The third kappa shape index (κ3) is 3.53. The molecule has 0 saturated carbocycles. The largest absolute Gasteiger partial charge is 0.464 e. The minimum absolute atomic E-state index is 0.0521. The van der Waals surface area contributed by atoms with E-state index in [1.54, 1.807) is 0 Å². The summed E-state index contributed by atoms with van der Waals surface area (Å²) in [6, 6.07) is 4.26. The second-order valence-corrected chi connectivity index (χ2v) is 6.56. The summed E-state index contributed by atoms with van der Waals surface area (Å²) in [6.45, 7) is 11.4. The number of nitrogens with one attached hydrogen (secondary N) is 1. The van der Waals surface area contributed by atoms with Crippen LogP contribution in [0.2, 0.25) is 0 Å². The fraction of sp³-hybridized carbons (Fsp3) is 0.625. The second-order valence-electron chi connectivity index (χ2n) is 6.56. The van der Waals surface area contributed by atoms with Crippen LogP contribution in [0.25, 0.3) is 0 Å². The Labute approximate surface area is 126 Å². The van der Waals surface area contributed by atoms with E-state index in [0.717, 1.165) is 29.6 Å². The quantitative estimate of drug-likeness (QED) is 0.919. The van der Waals surface area contributed by atoms with Crippen molar-refractivity contribution in [2.75, 3.05) is 0 Å². The van der Waals surface area contributed by atoms with E-state index in [4.69, 9.17) is 4.42 Å². The first-order valence-corrected chi connectivity index (χ1v) is 7.49. The molecule has 0 bridgehead atoms. The van der Waals surface area contributed by atoms with E-state index in [1.807, 2.05) is 18.5 Å². The Morgan fingerprint density at radius 2 is 2.00 bits per heavy atom. The molecule has 0 aliphatic rings. The van der Waals surface area contributed by atoms with Crippen LogP contribution < -0.4 is 5.32 Å². The van der Waals surface area contributed by atoms with Gasteiger partial charge < -0.3 is 8.98 Å². The Kier molecular flexibility index (Phi) is 4.52. The Hall–Kier alpha value is -1.62. The standard InChI is InChI=1S/C16H26N4O/c1-7-12-8-9-13(21-12)15(16(3,4)5)17-10-14-19-18-11(2)20(14)6/h8-9,15,17H,7,10H2,1-6H3. The van der Waals surface area contributed by atoms with Crippen LogP contribution in [-0.2, 0) is 20.0 Å². The summed E-state index contributed by atoms with van der Waals surface area (Å²) in [6.07, 6.45) is 0.916. The highest BCUT2D eigenvalue weighted by atomic mass is 16.3. The maximum Gasteiger partial charge on any atom is 0.146 e. The third-order valence-electron chi connectivity index (χ3n) is 3.83. The predicted octanol–water partition coefficient (Wildman–Crippen LogP) is 3.16. The van der Waals surface area contributed by atoms with Gasteiger partial charge in [-0.15, -0.1) is 10.2 Å². The first-order chi connectivity index (χ1) is 9.82. The summed E-state index contributed by atoms with van der Waals surface area (Å²) >= 11 is 0. The van der Waals surface area contributed by atoms with Crippen molar-refractivity contribution in [3.63, 3.8) is 0 Å². The van der Waals surface area contributed by atoms with Gasteiger partial charge in [-0.3, -0.25) is 5.32 Å². The summed E-state index contributed by atoms with van der Waals surface area (Å²) in [5.74, 6) is 3.86. The third-order valence-corrected chi connectivity index (χ3v) is 3.83. The molecule has 2 aromatic heterocycles. The molecule has 0 saturated heterocycles. The molecule has 5 nitrogen and oxygen atoms in total. The molecule has 0 aliphatic carbocycles. The van der Waals surface area contributed by atoms with Crippen LogP contribution in [0.3, 0.4) is 0 Å². The maximum atomic E-state index is 5.94. The molecule has 1 N–H and O–H groups in total. The van der Waals surface area contributed by atoms with Gasteiger partial charge in [0.2, 0.25) is 0 Å². The van der Waals surface area contributed by atoms with E-state index in [2.05, 4.69) is 55.3 Å². The van der Waals surface area contributed by atoms with Gasteiger partial charge in [0, 0.05) is 13.5 Å². The summed E-state index contributed by atoms with van der Waals surface area (Å²) in [5.41, 5.74) is 0.0521. The highest BCUT2D eigenvalue weighted by Crippen LogP contribution is 2.34. The lowest BCUT2D eigenvalue weighted by Gasteiger charge is -2.30. The molecule has 0 spiro atoms. The van der Waals surface area contributed by atoms with Gasteiger partial charge in [-0.05, 0) is 24.5 Å². The highest BCUT2D eigenvalue weighted by Gasteiger charge is 2.29. The summed E-state index contributed by atoms with van der Waals surface area (Å²) in [4.78, 5) is 0. The summed E-state index contributed by atoms with van der Waals surface area (Å²) in [5, 5.41) is 11.9. The fourth-order valence-electron chi connectivity index (χ4n) is 2.37. The lowest BCUT2D eigenvalue weighted by molar-refractivity contribution is 0.230. The molecule has 0 fully saturated rings. The Balaban J connectivity index is 2.16. The van der Waals surface area contributed by atoms with Gasteiger partial charge in [-0.1, -0.05) is 27.7 Å². The lowest BCUT2D eigenvalue weighted by atomic mass is 9.85. The van der Waals surface area contributed by atoms with Crippen LogP contribution in [0.5, 0.6) is 0 Å². The average Bonchev–Trinajstić information content (AvgIpc) is 2.99. The number of hydrogen-bond donors (Lipinski definition) is 1. The molecule has 116 valence electrons. The zero-order chi connectivity index (χ0) is 15.6. The predicted molar refractivity (Wildman–Crippen MR) is 82.9 cm³/mol. The molecule has 1 unspecified atom stereocenters.